The Morgan fingerprint density at radius 2 is 2.67 bits per heavy atom. The first-order valence-corrected chi connectivity index (χ1v) is 3.82. The molecule has 0 spiro atoms. The van der Waals surface area contributed by atoms with Crippen LogP contribution in [0.1, 0.15) is 0 Å². The summed E-state index contributed by atoms with van der Waals surface area (Å²) in [6.07, 6.45) is 1.60. The monoisotopic (exact) mass is 148 g/mol. The first-order chi connectivity index (χ1) is 3.00. The van der Waals surface area contributed by atoms with Gasteiger partial charge in [0.25, 0.3) is 0 Å². The van der Waals surface area contributed by atoms with Gasteiger partial charge in [0.2, 0.25) is 0 Å². The molecule has 0 unspecified atom stereocenters. The Labute approximate surface area is 42.5 Å². The summed E-state index contributed by atoms with van der Waals surface area (Å²) in [5, 5.41) is 1.93. The molecule has 0 atom stereocenters. The van der Waals surface area contributed by atoms with Crippen LogP contribution in [0.2, 0.25) is 0 Å². The van der Waals surface area contributed by atoms with E-state index >= 15 is 0 Å². The van der Waals surface area contributed by atoms with E-state index in [1.54, 1.807) is 6.34 Å². The van der Waals surface area contributed by atoms with Gasteiger partial charge in [-0.2, -0.15) is 0 Å². The third-order valence-electron chi connectivity index (χ3n) is 0.433. The molecule has 2 nitrogen and oxygen atoms in total. The molecule has 0 radical (unpaired) electrons. The molecule has 0 aromatic rings. The Bertz CT molecular complexity index is 74.8. The van der Waals surface area contributed by atoms with Crippen LogP contribution in [0.3, 0.4) is 0 Å². The summed E-state index contributed by atoms with van der Waals surface area (Å²) in [5.41, 5.74) is 0.983. The fraction of sp³-hybridized carbons (Fsp3) is 0.333. The van der Waals surface area contributed by atoms with Crippen molar-refractivity contribution in [2.24, 2.45) is 9.98 Å². The molecular weight excluding hydrogens is 143 g/mol. The predicted molar refractivity (Wildman–Crippen MR) is 27.6 cm³/mol. The minimum absolute atomic E-state index is 0.564. The van der Waals surface area contributed by atoms with Crippen LogP contribution in [0.4, 0.5) is 0 Å². The van der Waals surface area contributed by atoms with E-state index in [9.17, 15) is 0 Å². The molecule has 0 bridgehead atoms. The van der Waals surface area contributed by atoms with Crippen LogP contribution >= 0.6 is 0 Å². The van der Waals surface area contributed by atoms with Gasteiger partial charge in [-0.05, 0) is 0 Å². The van der Waals surface area contributed by atoms with Gasteiger partial charge in [-0.3, -0.25) is 0 Å². The SMILES string of the molecule is C1=NC=NC[Se]1. The van der Waals surface area contributed by atoms with Crippen molar-refractivity contribution in [1.29, 1.82) is 0 Å². The minimum atomic E-state index is 0.564. The molecule has 0 amide bonds. The quantitative estimate of drug-likeness (QED) is 0.421. The van der Waals surface area contributed by atoms with Gasteiger partial charge in [0, 0.05) is 0 Å². The van der Waals surface area contributed by atoms with E-state index in [2.05, 4.69) is 9.98 Å². The Balaban J connectivity index is 2.46. The van der Waals surface area contributed by atoms with E-state index in [0.29, 0.717) is 15.0 Å². The second-order valence-corrected chi connectivity index (χ2v) is 2.53. The number of hydrogen-bond acceptors (Lipinski definition) is 2. The van der Waals surface area contributed by atoms with E-state index in [1.807, 2.05) is 5.11 Å². The standard InChI is InChI=1S/C3H4N2Se/c1-4-2-6-3-5-1/h1-2H,3H2. The fourth-order valence-corrected chi connectivity index (χ4v) is 0.982. The Morgan fingerprint density at radius 1 is 1.67 bits per heavy atom. The molecule has 1 aliphatic rings. The summed E-state index contributed by atoms with van der Waals surface area (Å²) < 4.78 is 0. The van der Waals surface area contributed by atoms with Crippen molar-refractivity contribution in [1.82, 2.24) is 0 Å². The van der Waals surface area contributed by atoms with Crippen molar-refractivity contribution in [3.63, 3.8) is 0 Å². The summed E-state index contributed by atoms with van der Waals surface area (Å²) in [6, 6.07) is 0. The molecule has 0 aromatic carbocycles. The van der Waals surface area contributed by atoms with E-state index in [4.69, 9.17) is 0 Å². The molecule has 1 aliphatic heterocycles. The zero-order valence-corrected chi connectivity index (χ0v) is 4.88. The summed E-state index contributed by atoms with van der Waals surface area (Å²) in [7, 11) is 0. The summed E-state index contributed by atoms with van der Waals surface area (Å²) in [5.74, 6) is 0. The molecule has 0 N–H and O–H groups in total. The summed E-state index contributed by atoms with van der Waals surface area (Å²) in [4.78, 5) is 7.67. The van der Waals surface area contributed by atoms with E-state index in [0.717, 1.165) is 5.44 Å². The van der Waals surface area contributed by atoms with Crippen LogP contribution in [-0.2, 0) is 0 Å². The van der Waals surface area contributed by atoms with Gasteiger partial charge in [-0.15, -0.1) is 0 Å². The number of hydrogen-bond donors (Lipinski definition) is 0. The zero-order chi connectivity index (χ0) is 4.24. The first kappa shape index (κ1) is 4.03. The average molecular weight is 147 g/mol. The van der Waals surface area contributed by atoms with Crippen LogP contribution in [0.5, 0.6) is 0 Å². The second-order valence-electron chi connectivity index (χ2n) is 0.848. The maximum atomic E-state index is 3.88. The van der Waals surface area contributed by atoms with Crippen LogP contribution < -0.4 is 0 Å². The Kier molecular flexibility index (Phi) is 1.42. The molecule has 32 valence electrons. The van der Waals surface area contributed by atoms with Crippen molar-refractivity contribution in [2.45, 2.75) is 0 Å². The molecule has 0 aliphatic carbocycles. The molecule has 1 rings (SSSR count). The van der Waals surface area contributed by atoms with Gasteiger partial charge in [-0.25, -0.2) is 0 Å². The van der Waals surface area contributed by atoms with Gasteiger partial charge < -0.3 is 0 Å². The molecule has 0 saturated carbocycles. The third-order valence-corrected chi connectivity index (χ3v) is 1.63. The van der Waals surface area contributed by atoms with Crippen molar-refractivity contribution in [3.8, 4) is 0 Å². The molecule has 6 heavy (non-hydrogen) atoms. The Hall–Kier alpha value is -0.141. The van der Waals surface area contributed by atoms with Crippen molar-refractivity contribution in [2.75, 3.05) is 5.44 Å². The van der Waals surface area contributed by atoms with Crippen LogP contribution in [-0.4, -0.2) is 31.9 Å². The molecule has 0 fully saturated rings. The number of nitrogens with zero attached hydrogens (tertiary/aromatic N) is 2. The van der Waals surface area contributed by atoms with Gasteiger partial charge in [-0.1, -0.05) is 0 Å². The molecule has 0 aromatic heterocycles. The third kappa shape index (κ3) is 0.919. The van der Waals surface area contributed by atoms with Gasteiger partial charge in [0.15, 0.2) is 0 Å². The van der Waals surface area contributed by atoms with E-state index < -0.39 is 0 Å². The summed E-state index contributed by atoms with van der Waals surface area (Å²) >= 11 is 0.564. The van der Waals surface area contributed by atoms with Crippen LogP contribution in [0.25, 0.3) is 0 Å². The van der Waals surface area contributed by atoms with Crippen LogP contribution in [0.15, 0.2) is 9.98 Å². The summed E-state index contributed by atoms with van der Waals surface area (Å²) in [6.45, 7) is 0. The fourth-order valence-electron chi connectivity index (χ4n) is 0.227. The number of rotatable bonds is 0. The first-order valence-electron chi connectivity index (χ1n) is 1.62. The normalized spacial score (nSPS) is 18.7. The molecule has 3 heteroatoms. The van der Waals surface area contributed by atoms with Gasteiger partial charge in [0.05, 0.1) is 0 Å². The van der Waals surface area contributed by atoms with Crippen LogP contribution in [0, 0.1) is 0 Å². The van der Waals surface area contributed by atoms with Crippen molar-refractivity contribution < 1.29 is 0 Å². The molecule has 1 heterocycles. The maximum absolute atomic E-state index is 3.88. The molecular formula is C3H4N2Se. The van der Waals surface area contributed by atoms with E-state index in [-0.39, 0.29) is 0 Å². The average Bonchev–Trinajstić information content (AvgIpc) is 1.72. The van der Waals surface area contributed by atoms with Crippen molar-refractivity contribution in [3.05, 3.63) is 0 Å². The van der Waals surface area contributed by atoms with E-state index in [1.165, 1.54) is 0 Å². The number of aliphatic imine (C=N–C) groups is 2. The second kappa shape index (κ2) is 2.11. The predicted octanol–water partition coefficient (Wildman–Crippen LogP) is -0.282. The topological polar surface area (TPSA) is 24.7 Å². The van der Waals surface area contributed by atoms with Crippen molar-refractivity contribution >= 4 is 26.4 Å². The van der Waals surface area contributed by atoms with Gasteiger partial charge >= 0.3 is 41.8 Å². The van der Waals surface area contributed by atoms with Gasteiger partial charge in [0.1, 0.15) is 0 Å². The molecule has 0 saturated heterocycles. The zero-order valence-electron chi connectivity index (χ0n) is 3.16. The Morgan fingerprint density at radius 3 is 2.83 bits per heavy atom.